The van der Waals surface area contributed by atoms with Crippen LogP contribution in [0.4, 0.5) is 0 Å². The van der Waals surface area contributed by atoms with Gasteiger partial charge >= 0.3 is 0 Å². The summed E-state index contributed by atoms with van der Waals surface area (Å²) in [6.45, 7) is 4.52. The molecule has 0 aliphatic carbocycles. The summed E-state index contributed by atoms with van der Waals surface area (Å²) in [6, 6.07) is 6.19. The number of alkyl halides is 1. The van der Waals surface area contributed by atoms with Crippen LogP contribution in [0.3, 0.4) is 0 Å². The minimum Gasteiger partial charge on any atom is -0.394 e. The van der Waals surface area contributed by atoms with Crippen LogP contribution in [0.2, 0.25) is 0 Å². The fourth-order valence-electron chi connectivity index (χ4n) is 2.18. The predicted molar refractivity (Wildman–Crippen MR) is 69.3 cm³/mol. The molecule has 17 heavy (non-hydrogen) atoms. The lowest BCUT2D eigenvalue weighted by Gasteiger charge is -2.28. The lowest BCUT2D eigenvalue weighted by atomic mass is 9.99. The van der Waals surface area contributed by atoms with Crippen LogP contribution in [0.1, 0.15) is 16.7 Å². The van der Waals surface area contributed by atoms with E-state index in [0.717, 1.165) is 11.1 Å². The largest absolute Gasteiger partial charge is 0.394 e. The molecule has 3 nitrogen and oxygen atoms in total. The Hall–Kier alpha value is -0.420. The summed E-state index contributed by atoms with van der Waals surface area (Å²) < 4.78 is 11.6. The summed E-state index contributed by atoms with van der Waals surface area (Å²) in [4.78, 5) is 0. The molecule has 1 aromatic rings. The maximum atomic E-state index is 9.13. The maximum absolute atomic E-state index is 9.13. The van der Waals surface area contributed by atoms with Crippen LogP contribution in [0, 0.1) is 13.8 Å². The van der Waals surface area contributed by atoms with Crippen LogP contribution in [-0.4, -0.2) is 29.8 Å². The van der Waals surface area contributed by atoms with E-state index < -0.39 is 5.79 Å². The topological polar surface area (TPSA) is 38.7 Å². The van der Waals surface area contributed by atoms with Crippen molar-refractivity contribution in [3.8, 4) is 0 Å². The molecule has 1 saturated heterocycles. The molecule has 0 aromatic heterocycles. The van der Waals surface area contributed by atoms with Crippen LogP contribution in [0.25, 0.3) is 0 Å². The monoisotopic (exact) mass is 300 g/mol. The van der Waals surface area contributed by atoms with Gasteiger partial charge < -0.3 is 14.6 Å². The van der Waals surface area contributed by atoms with Gasteiger partial charge in [-0.1, -0.05) is 39.7 Å². The van der Waals surface area contributed by atoms with E-state index in [4.69, 9.17) is 14.6 Å². The van der Waals surface area contributed by atoms with Gasteiger partial charge in [-0.3, -0.25) is 0 Å². The van der Waals surface area contributed by atoms with Crippen LogP contribution in [-0.2, 0) is 15.3 Å². The zero-order chi connectivity index (χ0) is 12.5. The second kappa shape index (κ2) is 5.06. The average molecular weight is 301 g/mol. The van der Waals surface area contributed by atoms with Crippen molar-refractivity contribution in [2.45, 2.75) is 25.7 Å². The molecule has 2 atom stereocenters. The molecule has 0 spiro atoms. The van der Waals surface area contributed by atoms with Crippen molar-refractivity contribution < 1.29 is 14.6 Å². The molecule has 1 aromatic carbocycles. The van der Waals surface area contributed by atoms with E-state index in [1.165, 1.54) is 5.56 Å². The highest BCUT2D eigenvalue weighted by molar-refractivity contribution is 9.09. The third kappa shape index (κ3) is 2.40. The fraction of sp³-hybridized carbons (Fsp3) is 0.538. The van der Waals surface area contributed by atoms with Gasteiger partial charge in [-0.05, 0) is 19.4 Å². The Morgan fingerprint density at radius 2 is 2.24 bits per heavy atom. The van der Waals surface area contributed by atoms with Crippen molar-refractivity contribution in [3.05, 3.63) is 34.9 Å². The minimum atomic E-state index is -0.759. The molecule has 1 N–H and O–H groups in total. The second-order valence-electron chi connectivity index (χ2n) is 4.44. The Kier molecular flexibility index (Phi) is 3.88. The molecule has 1 aliphatic rings. The van der Waals surface area contributed by atoms with Crippen molar-refractivity contribution in [2.75, 3.05) is 18.5 Å². The molecule has 94 valence electrons. The Balaban J connectivity index is 2.35. The number of hydrogen-bond donors (Lipinski definition) is 1. The van der Waals surface area contributed by atoms with Gasteiger partial charge in [0.05, 0.1) is 18.5 Å². The van der Waals surface area contributed by atoms with Gasteiger partial charge in [0.2, 0.25) is 5.79 Å². The van der Waals surface area contributed by atoms with E-state index in [1.807, 2.05) is 19.1 Å². The first-order valence-electron chi connectivity index (χ1n) is 5.67. The summed E-state index contributed by atoms with van der Waals surface area (Å²) in [5, 5.41) is 9.69. The van der Waals surface area contributed by atoms with Crippen molar-refractivity contribution in [1.29, 1.82) is 0 Å². The zero-order valence-corrected chi connectivity index (χ0v) is 11.7. The van der Waals surface area contributed by atoms with E-state index in [1.54, 1.807) is 0 Å². The minimum absolute atomic E-state index is 0.0142. The highest BCUT2D eigenvalue weighted by Gasteiger charge is 2.43. The highest BCUT2D eigenvalue weighted by atomic mass is 79.9. The highest BCUT2D eigenvalue weighted by Crippen LogP contribution is 2.37. The van der Waals surface area contributed by atoms with Gasteiger partial charge in [0, 0.05) is 5.56 Å². The van der Waals surface area contributed by atoms with E-state index >= 15 is 0 Å². The third-order valence-electron chi connectivity index (χ3n) is 3.03. The maximum Gasteiger partial charge on any atom is 0.205 e. The quantitative estimate of drug-likeness (QED) is 0.870. The molecule has 0 saturated carbocycles. The molecule has 4 heteroatoms. The van der Waals surface area contributed by atoms with E-state index in [-0.39, 0.29) is 12.7 Å². The Morgan fingerprint density at radius 3 is 2.76 bits per heavy atom. The molecule has 0 amide bonds. The lowest BCUT2D eigenvalue weighted by molar-refractivity contribution is -0.160. The van der Waals surface area contributed by atoms with Crippen LogP contribution < -0.4 is 0 Å². The molecular formula is C13H17BrO3. The van der Waals surface area contributed by atoms with Gasteiger partial charge in [0.25, 0.3) is 0 Å². The molecule has 0 bridgehead atoms. The van der Waals surface area contributed by atoms with Crippen molar-refractivity contribution in [3.63, 3.8) is 0 Å². The molecule has 2 unspecified atom stereocenters. The van der Waals surface area contributed by atoms with E-state index in [2.05, 4.69) is 28.9 Å². The average Bonchev–Trinajstić information content (AvgIpc) is 2.74. The number of ether oxygens (including phenoxy) is 2. The molecule has 1 heterocycles. The normalized spacial score (nSPS) is 28.6. The van der Waals surface area contributed by atoms with Crippen molar-refractivity contribution in [2.24, 2.45) is 0 Å². The molecule has 2 rings (SSSR count). The first kappa shape index (κ1) is 13.0. The SMILES string of the molecule is Cc1ccc(C2(CBr)OCC(CO)O2)c(C)c1. The first-order chi connectivity index (χ1) is 8.11. The van der Waals surface area contributed by atoms with Gasteiger partial charge in [-0.2, -0.15) is 0 Å². The number of aliphatic hydroxyl groups excluding tert-OH is 1. The van der Waals surface area contributed by atoms with Gasteiger partial charge in [-0.25, -0.2) is 0 Å². The number of halogens is 1. The number of rotatable bonds is 3. The van der Waals surface area contributed by atoms with Crippen molar-refractivity contribution >= 4 is 15.9 Å². The lowest BCUT2D eigenvalue weighted by Crippen LogP contribution is -2.31. The molecule has 1 aliphatic heterocycles. The molecule has 0 radical (unpaired) electrons. The van der Waals surface area contributed by atoms with Crippen molar-refractivity contribution in [1.82, 2.24) is 0 Å². The third-order valence-corrected chi connectivity index (χ3v) is 3.77. The van der Waals surface area contributed by atoms with Gasteiger partial charge in [0.15, 0.2) is 0 Å². The predicted octanol–water partition coefficient (Wildman–Crippen LogP) is 2.26. The first-order valence-corrected chi connectivity index (χ1v) is 6.80. The second-order valence-corrected chi connectivity index (χ2v) is 5.00. The smallest absolute Gasteiger partial charge is 0.205 e. The van der Waals surface area contributed by atoms with Crippen LogP contribution in [0.5, 0.6) is 0 Å². The fourth-order valence-corrected chi connectivity index (χ4v) is 2.78. The molecular weight excluding hydrogens is 284 g/mol. The molecule has 1 fully saturated rings. The van der Waals surface area contributed by atoms with Crippen LogP contribution in [0.15, 0.2) is 18.2 Å². The number of benzene rings is 1. The van der Waals surface area contributed by atoms with E-state index in [9.17, 15) is 0 Å². The van der Waals surface area contributed by atoms with Crippen LogP contribution >= 0.6 is 15.9 Å². The Labute approximate surface area is 110 Å². The Bertz CT molecular complexity index is 408. The standard InChI is InChI=1S/C13H17BrO3/c1-9-3-4-12(10(2)5-9)13(8-14)16-7-11(6-15)17-13/h3-5,11,15H,6-8H2,1-2H3. The Morgan fingerprint density at radius 1 is 1.47 bits per heavy atom. The number of hydrogen-bond acceptors (Lipinski definition) is 3. The summed E-state index contributed by atoms with van der Waals surface area (Å²) in [7, 11) is 0. The van der Waals surface area contributed by atoms with Gasteiger partial charge in [0.1, 0.15) is 6.10 Å². The summed E-state index contributed by atoms with van der Waals surface area (Å²) in [6.07, 6.45) is -0.242. The summed E-state index contributed by atoms with van der Waals surface area (Å²) >= 11 is 3.45. The number of aliphatic hydroxyl groups is 1. The number of aryl methyl sites for hydroxylation is 2. The zero-order valence-electron chi connectivity index (χ0n) is 10.1. The summed E-state index contributed by atoms with van der Waals surface area (Å²) in [5.41, 5.74) is 3.38. The van der Waals surface area contributed by atoms with E-state index in [0.29, 0.717) is 11.9 Å². The van der Waals surface area contributed by atoms with Gasteiger partial charge in [-0.15, -0.1) is 0 Å². The summed E-state index contributed by atoms with van der Waals surface area (Å²) in [5.74, 6) is -0.759.